The Kier molecular flexibility index (Phi) is 7.66. The number of amides is 1. The quantitative estimate of drug-likeness (QED) is 0.356. The van der Waals surface area contributed by atoms with E-state index in [0.29, 0.717) is 35.7 Å². The molecule has 0 radical (unpaired) electrons. The third-order valence-corrected chi connectivity index (χ3v) is 7.46. The highest BCUT2D eigenvalue weighted by molar-refractivity contribution is 5.91. The van der Waals surface area contributed by atoms with Gasteiger partial charge in [0.05, 0.1) is 14.2 Å². The number of piperazine rings is 1. The Bertz CT molecular complexity index is 1590. The van der Waals surface area contributed by atoms with Gasteiger partial charge in [0, 0.05) is 73.4 Å². The Morgan fingerprint density at radius 1 is 0.950 bits per heavy atom. The average molecular weight is 545 g/mol. The van der Waals surface area contributed by atoms with Gasteiger partial charge in [-0.1, -0.05) is 36.4 Å². The van der Waals surface area contributed by atoms with Gasteiger partial charge in [0.1, 0.15) is 39.7 Å². The fourth-order valence-electron chi connectivity index (χ4n) is 5.24. The molecule has 40 heavy (non-hydrogen) atoms. The van der Waals surface area contributed by atoms with Crippen molar-refractivity contribution in [2.24, 2.45) is 0 Å². The Balaban J connectivity index is 1.73. The molecule has 1 unspecified atom stereocenters. The molecule has 208 valence electrons. The number of phenolic OH excluding ortho intramolecular Hbond substituents is 2. The number of hydrogen-bond acceptors (Lipinski definition) is 8. The highest BCUT2D eigenvalue weighted by atomic mass is 16.5. The summed E-state index contributed by atoms with van der Waals surface area (Å²) in [6, 6.07) is 16.8. The number of rotatable bonds is 7. The lowest BCUT2D eigenvalue weighted by atomic mass is 9.85. The largest absolute Gasteiger partial charge is 0.507 e. The van der Waals surface area contributed by atoms with Crippen LogP contribution in [0.4, 0.5) is 0 Å². The fraction of sp³-hybridized carbons (Fsp3) is 0.290. The van der Waals surface area contributed by atoms with E-state index < -0.39 is 17.1 Å². The third kappa shape index (κ3) is 5.20. The molecule has 0 spiro atoms. The van der Waals surface area contributed by atoms with Crippen LogP contribution in [0.2, 0.25) is 0 Å². The maximum atomic E-state index is 13.7. The smallest absolute Gasteiger partial charge is 0.223 e. The molecule has 1 amide bonds. The first-order valence-corrected chi connectivity index (χ1v) is 13.1. The summed E-state index contributed by atoms with van der Waals surface area (Å²) < 4.78 is 17.3. The lowest BCUT2D eigenvalue weighted by molar-refractivity contribution is -0.133. The number of ether oxygens (including phenoxy) is 2. The first kappa shape index (κ1) is 27.1. The van der Waals surface area contributed by atoms with E-state index in [1.807, 2.05) is 25.2 Å². The number of carbonyl (C=O) groups is 1. The number of methoxy groups -OCH3 is 2. The van der Waals surface area contributed by atoms with E-state index in [-0.39, 0.29) is 40.4 Å². The Morgan fingerprint density at radius 3 is 2.35 bits per heavy atom. The second kappa shape index (κ2) is 11.3. The van der Waals surface area contributed by atoms with E-state index in [1.165, 1.54) is 13.2 Å². The molecule has 5 rings (SSSR count). The molecule has 1 atom stereocenters. The van der Waals surface area contributed by atoms with Gasteiger partial charge in [-0.3, -0.25) is 9.59 Å². The van der Waals surface area contributed by atoms with Crippen LogP contribution in [-0.2, 0) is 4.79 Å². The van der Waals surface area contributed by atoms with Gasteiger partial charge in [-0.15, -0.1) is 0 Å². The van der Waals surface area contributed by atoms with Crippen molar-refractivity contribution in [3.63, 3.8) is 0 Å². The van der Waals surface area contributed by atoms with Gasteiger partial charge >= 0.3 is 0 Å². The minimum Gasteiger partial charge on any atom is -0.507 e. The summed E-state index contributed by atoms with van der Waals surface area (Å²) in [6.45, 7) is 2.67. The summed E-state index contributed by atoms with van der Waals surface area (Å²) in [5, 5.41) is 21.9. The number of phenols is 2. The van der Waals surface area contributed by atoms with Crippen molar-refractivity contribution in [1.82, 2.24) is 9.80 Å². The van der Waals surface area contributed by atoms with Crippen LogP contribution in [0.15, 0.2) is 69.9 Å². The molecule has 0 aliphatic carbocycles. The first-order valence-electron chi connectivity index (χ1n) is 13.1. The van der Waals surface area contributed by atoms with Gasteiger partial charge in [0.2, 0.25) is 5.91 Å². The zero-order valence-corrected chi connectivity index (χ0v) is 22.7. The summed E-state index contributed by atoms with van der Waals surface area (Å²) >= 11 is 0. The fourth-order valence-corrected chi connectivity index (χ4v) is 5.24. The standard InChI is InChI=1S/C31H32N2O7/c1-32-11-13-33(14-12-32)28(37)16-22(21-10-9-20(38-2)15-27(21)39-3)29-23(34)17-24(35)30-25(36)18-26(40-31(29)30)19-7-5-4-6-8-19/h4-10,15,17-18,22,34-35H,11-14,16H2,1-3H3. The van der Waals surface area contributed by atoms with Crippen molar-refractivity contribution in [3.05, 3.63) is 82.0 Å². The molecule has 4 aromatic rings. The lowest BCUT2D eigenvalue weighted by Crippen LogP contribution is -2.47. The lowest BCUT2D eigenvalue weighted by Gasteiger charge is -2.33. The molecule has 2 N–H and O–H groups in total. The number of carbonyl (C=O) groups excluding carboxylic acids is 1. The van der Waals surface area contributed by atoms with Crippen LogP contribution >= 0.6 is 0 Å². The first-order chi connectivity index (χ1) is 19.3. The van der Waals surface area contributed by atoms with Crippen LogP contribution in [-0.4, -0.2) is 73.4 Å². The van der Waals surface area contributed by atoms with Crippen molar-refractivity contribution in [3.8, 4) is 34.3 Å². The molecular formula is C31H32N2O7. The summed E-state index contributed by atoms with van der Waals surface area (Å²) in [6.07, 6.45) is -0.0287. The van der Waals surface area contributed by atoms with Crippen molar-refractivity contribution < 1.29 is 28.9 Å². The van der Waals surface area contributed by atoms with E-state index in [0.717, 1.165) is 19.2 Å². The van der Waals surface area contributed by atoms with Gasteiger partial charge in [0.25, 0.3) is 0 Å². The number of nitrogens with zero attached hydrogens (tertiary/aromatic N) is 2. The predicted molar refractivity (Wildman–Crippen MR) is 151 cm³/mol. The SMILES string of the molecule is COc1ccc(C(CC(=O)N2CCN(C)CC2)c2c(O)cc(O)c3c(=O)cc(-c4ccccc4)oc23)c(OC)c1. The molecule has 0 saturated carbocycles. The normalized spacial score (nSPS) is 14.7. The minimum atomic E-state index is -0.773. The van der Waals surface area contributed by atoms with Crippen LogP contribution in [0.5, 0.6) is 23.0 Å². The molecule has 9 nitrogen and oxygen atoms in total. The molecule has 1 aliphatic heterocycles. The topological polar surface area (TPSA) is 113 Å². The van der Waals surface area contributed by atoms with Crippen molar-refractivity contribution >= 4 is 16.9 Å². The highest BCUT2D eigenvalue weighted by Gasteiger charge is 2.32. The van der Waals surface area contributed by atoms with E-state index in [1.54, 1.807) is 42.3 Å². The van der Waals surface area contributed by atoms with Gasteiger partial charge in [0.15, 0.2) is 5.43 Å². The van der Waals surface area contributed by atoms with Crippen LogP contribution in [0.1, 0.15) is 23.5 Å². The molecule has 1 aliphatic rings. The summed E-state index contributed by atoms with van der Waals surface area (Å²) in [7, 11) is 5.07. The summed E-state index contributed by atoms with van der Waals surface area (Å²) in [4.78, 5) is 30.9. The minimum absolute atomic E-state index is 0.0119. The summed E-state index contributed by atoms with van der Waals surface area (Å²) in [5.74, 6) is -0.318. The average Bonchev–Trinajstić information content (AvgIpc) is 2.96. The monoisotopic (exact) mass is 544 g/mol. The van der Waals surface area contributed by atoms with Crippen LogP contribution < -0.4 is 14.9 Å². The third-order valence-electron chi connectivity index (χ3n) is 7.46. The van der Waals surface area contributed by atoms with Crippen LogP contribution in [0, 0.1) is 0 Å². The van der Waals surface area contributed by atoms with Gasteiger partial charge < -0.3 is 33.9 Å². The van der Waals surface area contributed by atoms with Gasteiger partial charge in [-0.25, -0.2) is 0 Å². The maximum Gasteiger partial charge on any atom is 0.223 e. The Labute approximate surface area is 231 Å². The molecular weight excluding hydrogens is 512 g/mol. The number of hydrogen-bond donors (Lipinski definition) is 2. The second-order valence-electron chi connectivity index (χ2n) is 9.92. The van der Waals surface area contributed by atoms with Crippen molar-refractivity contribution in [1.29, 1.82) is 0 Å². The van der Waals surface area contributed by atoms with E-state index in [4.69, 9.17) is 13.9 Å². The molecule has 1 saturated heterocycles. The molecule has 2 heterocycles. The number of fused-ring (bicyclic) bond motifs is 1. The highest BCUT2D eigenvalue weighted by Crippen LogP contribution is 2.45. The molecule has 0 bridgehead atoms. The molecule has 3 aromatic carbocycles. The Hall–Kier alpha value is -4.50. The van der Waals surface area contributed by atoms with Crippen molar-refractivity contribution in [2.45, 2.75) is 12.3 Å². The van der Waals surface area contributed by atoms with E-state index in [2.05, 4.69) is 4.90 Å². The van der Waals surface area contributed by atoms with Gasteiger partial charge in [-0.2, -0.15) is 0 Å². The van der Waals surface area contributed by atoms with E-state index in [9.17, 15) is 19.8 Å². The van der Waals surface area contributed by atoms with E-state index >= 15 is 0 Å². The summed E-state index contributed by atoms with van der Waals surface area (Å²) in [5.41, 5.74) is 1.01. The molecule has 1 aromatic heterocycles. The van der Waals surface area contributed by atoms with Gasteiger partial charge in [-0.05, 0) is 13.1 Å². The maximum absolute atomic E-state index is 13.7. The Morgan fingerprint density at radius 2 is 1.68 bits per heavy atom. The molecule has 9 heteroatoms. The zero-order chi connectivity index (χ0) is 28.4. The van der Waals surface area contributed by atoms with Crippen molar-refractivity contribution in [2.75, 3.05) is 47.4 Å². The molecule has 1 fully saturated rings. The second-order valence-corrected chi connectivity index (χ2v) is 9.92. The van der Waals surface area contributed by atoms with Crippen LogP contribution in [0.3, 0.4) is 0 Å². The van der Waals surface area contributed by atoms with Crippen LogP contribution in [0.25, 0.3) is 22.3 Å². The predicted octanol–water partition coefficient (Wildman–Crippen LogP) is 4.18. The number of likely N-dealkylation sites (N-methyl/N-ethyl adjacent to an activating group) is 1. The number of aromatic hydroxyl groups is 2. The number of benzene rings is 3. The zero-order valence-electron chi connectivity index (χ0n) is 22.7.